The standard InChI is InChI=1S/C14H17N3O3/c1-8(2)6-12(14(19)20)16-13(18)9-4-3-5-11-10(9)7-15-17-11/h3-5,7-8,12H,6H2,1-2H3,(H,15,17)(H,16,18)(H,19,20). The van der Waals surface area contributed by atoms with E-state index in [0.29, 0.717) is 17.4 Å². The first-order chi connectivity index (χ1) is 9.49. The number of carboxylic acid groups (broad SMARTS) is 1. The van der Waals surface area contributed by atoms with Crippen molar-refractivity contribution >= 4 is 22.8 Å². The van der Waals surface area contributed by atoms with Gasteiger partial charge in [-0.15, -0.1) is 0 Å². The van der Waals surface area contributed by atoms with Crippen molar-refractivity contribution in [2.45, 2.75) is 26.3 Å². The van der Waals surface area contributed by atoms with Crippen molar-refractivity contribution in [1.82, 2.24) is 15.5 Å². The minimum Gasteiger partial charge on any atom is -0.480 e. The highest BCUT2D eigenvalue weighted by molar-refractivity contribution is 6.07. The van der Waals surface area contributed by atoms with Gasteiger partial charge in [-0.2, -0.15) is 5.10 Å². The number of benzene rings is 1. The Morgan fingerprint density at radius 2 is 2.15 bits per heavy atom. The van der Waals surface area contributed by atoms with Gasteiger partial charge in [0.25, 0.3) is 5.91 Å². The van der Waals surface area contributed by atoms with E-state index in [2.05, 4.69) is 15.5 Å². The first kappa shape index (κ1) is 14.0. The molecule has 3 N–H and O–H groups in total. The van der Waals surface area contributed by atoms with Gasteiger partial charge in [-0.1, -0.05) is 19.9 Å². The number of rotatable bonds is 5. The highest BCUT2D eigenvalue weighted by Crippen LogP contribution is 2.16. The van der Waals surface area contributed by atoms with Gasteiger partial charge in [-0.3, -0.25) is 9.89 Å². The molecule has 1 amide bonds. The summed E-state index contributed by atoms with van der Waals surface area (Å²) in [6.45, 7) is 3.83. The number of aromatic amines is 1. The molecule has 1 aromatic carbocycles. The Balaban J connectivity index is 2.22. The number of carbonyl (C=O) groups is 2. The monoisotopic (exact) mass is 275 g/mol. The summed E-state index contributed by atoms with van der Waals surface area (Å²) in [7, 11) is 0. The summed E-state index contributed by atoms with van der Waals surface area (Å²) in [6.07, 6.45) is 1.95. The second-order valence-electron chi connectivity index (χ2n) is 5.13. The summed E-state index contributed by atoms with van der Waals surface area (Å²) >= 11 is 0. The average molecular weight is 275 g/mol. The predicted molar refractivity (Wildman–Crippen MR) is 74.4 cm³/mol. The van der Waals surface area contributed by atoms with E-state index in [0.717, 1.165) is 5.52 Å². The molecule has 106 valence electrons. The lowest BCUT2D eigenvalue weighted by Crippen LogP contribution is -2.41. The van der Waals surface area contributed by atoms with E-state index in [9.17, 15) is 9.59 Å². The third-order valence-corrected chi connectivity index (χ3v) is 3.04. The fourth-order valence-electron chi connectivity index (χ4n) is 2.10. The summed E-state index contributed by atoms with van der Waals surface area (Å²) in [5.74, 6) is -1.24. The second-order valence-corrected chi connectivity index (χ2v) is 5.13. The number of aliphatic carboxylic acids is 1. The normalized spacial score (nSPS) is 12.6. The maximum absolute atomic E-state index is 12.2. The largest absolute Gasteiger partial charge is 0.480 e. The smallest absolute Gasteiger partial charge is 0.326 e. The maximum Gasteiger partial charge on any atom is 0.326 e. The minimum atomic E-state index is -1.02. The number of carboxylic acids is 1. The molecule has 1 heterocycles. The Morgan fingerprint density at radius 1 is 1.40 bits per heavy atom. The molecule has 6 nitrogen and oxygen atoms in total. The van der Waals surface area contributed by atoms with E-state index in [-0.39, 0.29) is 5.92 Å². The number of fused-ring (bicyclic) bond motifs is 1. The molecular weight excluding hydrogens is 258 g/mol. The molecule has 0 spiro atoms. The molecule has 0 aliphatic rings. The number of hydrogen-bond donors (Lipinski definition) is 3. The van der Waals surface area contributed by atoms with Gasteiger partial charge in [0.15, 0.2) is 0 Å². The van der Waals surface area contributed by atoms with Gasteiger partial charge < -0.3 is 10.4 Å². The Kier molecular flexibility index (Phi) is 4.02. The highest BCUT2D eigenvalue weighted by Gasteiger charge is 2.22. The quantitative estimate of drug-likeness (QED) is 0.775. The third-order valence-electron chi connectivity index (χ3n) is 3.04. The average Bonchev–Trinajstić information content (AvgIpc) is 2.84. The van der Waals surface area contributed by atoms with Gasteiger partial charge in [0.05, 0.1) is 17.3 Å². The molecule has 2 rings (SSSR count). The van der Waals surface area contributed by atoms with Crippen molar-refractivity contribution in [2.24, 2.45) is 5.92 Å². The van der Waals surface area contributed by atoms with Crippen LogP contribution in [0.25, 0.3) is 10.9 Å². The van der Waals surface area contributed by atoms with Gasteiger partial charge >= 0.3 is 5.97 Å². The number of aromatic nitrogens is 2. The minimum absolute atomic E-state index is 0.182. The Labute approximate surface area is 116 Å². The van der Waals surface area contributed by atoms with Crippen LogP contribution < -0.4 is 5.32 Å². The number of H-pyrrole nitrogens is 1. The summed E-state index contributed by atoms with van der Waals surface area (Å²) in [6, 6.07) is 4.31. The topological polar surface area (TPSA) is 95.1 Å². The van der Waals surface area contributed by atoms with Crippen molar-refractivity contribution in [3.8, 4) is 0 Å². The van der Waals surface area contributed by atoms with Crippen LogP contribution in [0.1, 0.15) is 30.6 Å². The van der Waals surface area contributed by atoms with Gasteiger partial charge in [-0.25, -0.2) is 4.79 Å². The van der Waals surface area contributed by atoms with Crippen LogP contribution in [0.5, 0.6) is 0 Å². The fraction of sp³-hybridized carbons (Fsp3) is 0.357. The number of hydrogen-bond acceptors (Lipinski definition) is 3. The molecule has 6 heteroatoms. The SMILES string of the molecule is CC(C)CC(NC(=O)c1cccc2[nH]ncc12)C(=O)O. The zero-order valence-electron chi connectivity index (χ0n) is 11.4. The molecule has 0 aliphatic heterocycles. The maximum atomic E-state index is 12.2. The van der Waals surface area contributed by atoms with Crippen LogP contribution in [0.2, 0.25) is 0 Å². The molecule has 1 unspecified atom stereocenters. The van der Waals surface area contributed by atoms with Gasteiger partial charge in [0.1, 0.15) is 6.04 Å². The van der Waals surface area contributed by atoms with Crippen molar-refractivity contribution in [1.29, 1.82) is 0 Å². The highest BCUT2D eigenvalue weighted by atomic mass is 16.4. The van der Waals surface area contributed by atoms with Crippen LogP contribution in [0.15, 0.2) is 24.4 Å². The van der Waals surface area contributed by atoms with Gasteiger partial charge in [0, 0.05) is 5.39 Å². The van der Waals surface area contributed by atoms with Crippen molar-refractivity contribution in [3.05, 3.63) is 30.0 Å². The molecule has 0 saturated heterocycles. The summed E-state index contributed by atoms with van der Waals surface area (Å²) in [4.78, 5) is 23.4. The van der Waals surface area contributed by atoms with Crippen LogP contribution >= 0.6 is 0 Å². The summed E-state index contributed by atoms with van der Waals surface area (Å²) in [5, 5.41) is 19.1. The third kappa shape index (κ3) is 2.96. The lowest BCUT2D eigenvalue weighted by Gasteiger charge is -2.16. The van der Waals surface area contributed by atoms with Crippen molar-refractivity contribution < 1.29 is 14.7 Å². The Morgan fingerprint density at radius 3 is 2.80 bits per heavy atom. The number of amides is 1. The Bertz CT molecular complexity index is 633. The molecule has 0 radical (unpaired) electrons. The lowest BCUT2D eigenvalue weighted by molar-refractivity contribution is -0.139. The zero-order valence-corrected chi connectivity index (χ0v) is 11.4. The van der Waals surface area contributed by atoms with E-state index < -0.39 is 17.9 Å². The van der Waals surface area contributed by atoms with E-state index in [1.165, 1.54) is 0 Å². The van der Waals surface area contributed by atoms with Crippen LogP contribution in [-0.2, 0) is 4.79 Å². The van der Waals surface area contributed by atoms with E-state index in [1.54, 1.807) is 18.3 Å². The second kappa shape index (κ2) is 5.73. The number of nitrogens with zero attached hydrogens (tertiary/aromatic N) is 1. The Hall–Kier alpha value is -2.37. The molecule has 0 aliphatic carbocycles. The van der Waals surface area contributed by atoms with Gasteiger partial charge in [0.2, 0.25) is 0 Å². The number of carbonyl (C=O) groups excluding carboxylic acids is 1. The zero-order chi connectivity index (χ0) is 14.7. The molecule has 2 aromatic rings. The van der Waals surface area contributed by atoms with Crippen molar-refractivity contribution in [2.75, 3.05) is 0 Å². The van der Waals surface area contributed by atoms with Crippen LogP contribution in [0, 0.1) is 5.92 Å². The van der Waals surface area contributed by atoms with E-state index in [1.807, 2.05) is 19.9 Å². The van der Waals surface area contributed by atoms with Crippen LogP contribution in [0.3, 0.4) is 0 Å². The van der Waals surface area contributed by atoms with Crippen molar-refractivity contribution in [3.63, 3.8) is 0 Å². The first-order valence-corrected chi connectivity index (χ1v) is 6.44. The fourth-order valence-corrected chi connectivity index (χ4v) is 2.10. The molecule has 0 saturated carbocycles. The molecule has 1 atom stereocenters. The predicted octanol–water partition coefficient (Wildman–Crippen LogP) is 1.79. The molecular formula is C14H17N3O3. The molecule has 0 fully saturated rings. The van der Waals surface area contributed by atoms with Crippen LogP contribution in [-0.4, -0.2) is 33.2 Å². The lowest BCUT2D eigenvalue weighted by atomic mass is 10.0. The molecule has 20 heavy (non-hydrogen) atoms. The van der Waals surface area contributed by atoms with Gasteiger partial charge in [-0.05, 0) is 24.5 Å². The first-order valence-electron chi connectivity index (χ1n) is 6.44. The van der Waals surface area contributed by atoms with Crippen LogP contribution in [0.4, 0.5) is 0 Å². The summed E-state index contributed by atoms with van der Waals surface area (Å²) in [5.41, 5.74) is 1.17. The summed E-state index contributed by atoms with van der Waals surface area (Å²) < 4.78 is 0. The molecule has 1 aromatic heterocycles. The number of nitrogens with one attached hydrogen (secondary N) is 2. The van der Waals surface area contributed by atoms with E-state index >= 15 is 0 Å². The molecule has 0 bridgehead atoms. The van der Waals surface area contributed by atoms with E-state index in [4.69, 9.17) is 5.11 Å².